The molecule has 1 amide bonds. The van der Waals surface area contributed by atoms with E-state index in [1.165, 1.54) is 0 Å². The van der Waals surface area contributed by atoms with Crippen molar-refractivity contribution in [3.05, 3.63) is 66.4 Å². The van der Waals surface area contributed by atoms with Crippen molar-refractivity contribution in [3.8, 4) is 11.3 Å². The second-order valence-corrected chi connectivity index (χ2v) is 7.95. The number of aromatic nitrogens is 5. The summed E-state index contributed by atoms with van der Waals surface area (Å²) in [4.78, 5) is 24.3. The van der Waals surface area contributed by atoms with Crippen LogP contribution in [-0.4, -0.2) is 48.2 Å². The molecule has 0 atom stereocenters. The molecule has 0 bridgehead atoms. The molecule has 7 nitrogen and oxygen atoms in total. The molecular weight excluding hydrogens is 376 g/mol. The van der Waals surface area contributed by atoms with E-state index in [0.29, 0.717) is 5.92 Å². The first kappa shape index (κ1) is 18.5. The molecule has 0 radical (unpaired) electrons. The standard InChI is InChI=1S/C23H24N6O/c1-27-15-24-22-20(27)12-19(26-21(22)18-13-25-28(2)14-18)16-8-10-29(11-9-16)23(30)17-6-4-3-5-7-17/h3-7,12-16H,8-11H2,1-2H3. The molecule has 1 fully saturated rings. The molecule has 0 aliphatic carbocycles. The first-order chi connectivity index (χ1) is 14.6. The van der Waals surface area contributed by atoms with Crippen molar-refractivity contribution >= 4 is 16.9 Å². The number of likely N-dealkylation sites (tertiary alicyclic amines) is 1. The minimum atomic E-state index is 0.111. The number of carbonyl (C=O) groups excluding carboxylic acids is 1. The number of aryl methyl sites for hydroxylation is 2. The average Bonchev–Trinajstić information content (AvgIpc) is 3.39. The molecule has 1 aliphatic rings. The Kier molecular flexibility index (Phi) is 4.58. The van der Waals surface area contributed by atoms with Gasteiger partial charge in [-0.3, -0.25) is 9.48 Å². The normalized spacial score (nSPS) is 15.1. The highest BCUT2D eigenvalue weighted by Crippen LogP contribution is 2.33. The summed E-state index contributed by atoms with van der Waals surface area (Å²) in [6.45, 7) is 1.48. The summed E-state index contributed by atoms with van der Waals surface area (Å²) in [7, 11) is 3.91. The summed E-state index contributed by atoms with van der Waals surface area (Å²) in [5.41, 5.74) is 5.63. The Hall–Kier alpha value is -3.48. The fraction of sp³-hybridized carbons (Fsp3) is 0.304. The molecular formula is C23H24N6O. The van der Waals surface area contributed by atoms with Crippen LogP contribution in [-0.2, 0) is 14.1 Å². The minimum absolute atomic E-state index is 0.111. The predicted molar refractivity (Wildman–Crippen MR) is 115 cm³/mol. The van der Waals surface area contributed by atoms with Crippen LogP contribution in [0.2, 0.25) is 0 Å². The van der Waals surface area contributed by atoms with E-state index in [2.05, 4.69) is 16.1 Å². The van der Waals surface area contributed by atoms with Gasteiger partial charge >= 0.3 is 0 Å². The lowest BCUT2D eigenvalue weighted by Crippen LogP contribution is -2.38. The van der Waals surface area contributed by atoms with Crippen molar-refractivity contribution in [1.29, 1.82) is 0 Å². The van der Waals surface area contributed by atoms with Gasteiger partial charge in [-0.05, 0) is 31.0 Å². The van der Waals surface area contributed by atoms with E-state index in [-0.39, 0.29) is 5.91 Å². The predicted octanol–water partition coefficient (Wildman–Crippen LogP) is 3.39. The van der Waals surface area contributed by atoms with Gasteiger partial charge in [-0.1, -0.05) is 18.2 Å². The maximum Gasteiger partial charge on any atom is 0.253 e. The molecule has 1 aromatic carbocycles. The number of piperidine rings is 1. The zero-order chi connectivity index (χ0) is 20.7. The van der Waals surface area contributed by atoms with E-state index in [0.717, 1.165) is 59.5 Å². The topological polar surface area (TPSA) is 68.8 Å². The molecule has 152 valence electrons. The van der Waals surface area contributed by atoms with Crippen molar-refractivity contribution in [2.75, 3.05) is 13.1 Å². The highest BCUT2D eigenvalue weighted by molar-refractivity contribution is 5.94. The smallest absolute Gasteiger partial charge is 0.253 e. The number of rotatable bonds is 3. The molecule has 0 spiro atoms. The largest absolute Gasteiger partial charge is 0.339 e. The molecule has 4 heterocycles. The average molecular weight is 400 g/mol. The molecule has 4 aromatic rings. The fourth-order valence-electron chi connectivity index (χ4n) is 4.24. The maximum atomic E-state index is 12.8. The molecule has 5 rings (SSSR count). The van der Waals surface area contributed by atoms with Crippen LogP contribution in [0.15, 0.2) is 55.1 Å². The van der Waals surface area contributed by atoms with E-state index in [1.807, 2.05) is 72.6 Å². The van der Waals surface area contributed by atoms with Crippen LogP contribution in [0.3, 0.4) is 0 Å². The van der Waals surface area contributed by atoms with Gasteiger partial charge in [0.2, 0.25) is 0 Å². The number of hydrogen-bond donors (Lipinski definition) is 0. The van der Waals surface area contributed by atoms with Crippen molar-refractivity contribution < 1.29 is 4.79 Å². The Morgan fingerprint density at radius 2 is 1.87 bits per heavy atom. The lowest BCUT2D eigenvalue weighted by atomic mass is 9.92. The monoisotopic (exact) mass is 400 g/mol. The Morgan fingerprint density at radius 1 is 1.10 bits per heavy atom. The van der Waals surface area contributed by atoms with Crippen LogP contribution < -0.4 is 0 Å². The summed E-state index contributed by atoms with van der Waals surface area (Å²) >= 11 is 0. The van der Waals surface area contributed by atoms with Crippen LogP contribution >= 0.6 is 0 Å². The van der Waals surface area contributed by atoms with Crippen LogP contribution in [0.1, 0.15) is 34.8 Å². The summed E-state index contributed by atoms with van der Waals surface area (Å²) in [5.74, 6) is 0.430. The van der Waals surface area contributed by atoms with Gasteiger partial charge < -0.3 is 9.47 Å². The van der Waals surface area contributed by atoms with Gasteiger partial charge in [-0.15, -0.1) is 0 Å². The van der Waals surface area contributed by atoms with Crippen molar-refractivity contribution in [2.24, 2.45) is 14.1 Å². The molecule has 0 unspecified atom stereocenters. The van der Waals surface area contributed by atoms with Gasteiger partial charge in [0.15, 0.2) is 0 Å². The summed E-state index contributed by atoms with van der Waals surface area (Å²) in [6, 6.07) is 11.7. The molecule has 0 saturated carbocycles. The van der Waals surface area contributed by atoms with Crippen molar-refractivity contribution in [1.82, 2.24) is 29.2 Å². The zero-order valence-electron chi connectivity index (χ0n) is 17.2. The number of amides is 1. The number of carbonyl (C=O) groups is 1. The molecule has 30 heavy (non-hydrogen) atoms. The highest BCUT2D eigenvalue weighted by atomic mass is 16.2. The molecule has 1 aliphatic heterocycles. The Bertz CT molecular complexity index is 1200. The summed E-state index contributed by atoms with van der Waals surface area (Å²) < 4.78 is 3.82. The highest BCUT2D eigenvalue weighted by Gasteiger charge is 2.26. The van der Waals surface area contributed by atoms with Gasteiger partial charge in [-0.25, -0.2) is 9.97 Å². The van der Waals surface area contributed by atoms with Crippen LogP contribution in [0, 0.1) is 0 Å². The first-order valence-corrected chi connectivity index (χ1v) is 10.3. The van der Waals surface area contributed by atoms with E-state index < -0.39 is 0 Å². The number of imidazole rings is 1. The zero-order valence-corrected chi connectivity index (χ0v) is 17.2. The van der Waals surface area contributed by atoms with Crippen LogP contribution in [0.5, 0.6) is 0 Å². The number of fused-ring (bicyclic) bond motifs is 1. The Balaban J connectivity index is 1.42. The van der Waals surface area contributed by atoms with Crippen LogP contribution in [0.4, 0.5) is 0 Å². The third kappa shape index (κ3) is 3.26. The van der Waals surface area contributed by atoms with Crippen LogP contribution in [0.25, 0.3) is 22.3 Å². The van der Waals surface area contributed by atoms with Gasteiger partial charge in [0.1, 0.15) is 11.2 Å². The lowest BCUT2D eigenvalue weighted by molar-refractivity contribution is 0.0712. The summed E-state index contributed by atoms with van der Waals surface area (Å²) in [6.07, 6.45) is 7.45. The van der Waals surface area contributed by atoms with Gasteiger partial charge in [0, 0.05) is 56.1 Å². The SMILES string of the molecule is Cn1cc(-c2nc(C3CCN(C(=O)c4ccccc4)CC3)cc3c2ncn3C)cn1. The van der Waals surface area contributed by atoms with Gasteiger partial charge in [0.05, 0.1) is 18.0 Å². The second kappa shape index (κ2) is 7.40. The third-order valence-corrected chi connectivity index (χ3v) is 5.93. The van der Waals surface area contributed by atoms with Crippen molar-refractivity contribution in [2.45, 2.75) is 18.8 Å². The molecule has 0 N–H and O–H groups in total. The number of nitrogens with zero attached hydrogens (tertiary/aromatic N) is 6. The number of benzene rings is 1. The van der Waals surface area contributed by atoms with E-state index in [9.17, 15) is 4.79 Å². The van der Waals surface area contributed by atoms with Crippen molar-refractivity contribution in [3.63, 3.8) is 0 Å². The summed E-state index contributed by atoms with van der Waals surface area (Å²) in [5, 5.41) is 4.30. The second-order valence-electron chi connectivity index (χ2n) is 7.95. The first-order valence-electron chi connectivity index (χ1n) is 10.3. The van der Waals surface area contributed by atoms with E-state index in [4.69, 9.17) is 4.98 Å². The van der Waals surface area contributed by atoms with Gasteiger partial charge in [-0.2, -0.15) is 5.10 Å². The van der Waals surface area contributed by atoms with E-state index >= 15 is 0 Å². The van der Waals surface area contributed by atoms with Gasteiger partial charge in [0.25, 0.3) is 5.91 Å². The Labute approximate surface area is 175 Å². The minimum Gasteiger partial charge on any atom is -0.339 e. The fourth-order valence-corrected chi connectivity index (χ4v) is 4.24. The third-order valence-electron chi connectivity index (χ3n) is 5.93. The number of pyridine rings is 1. The molecule has 3 aromatic heterocycles. The molecule has 1 saturated heterocycles. The van der Waals surface area contributed by atoms with E-state index in [1.54, 1.807) is 4.68 Å². The Morgan fingerprint density at radius 3 is 2.57 bits per heavy atom. The molecule has 7 heteroatoms. The lowest BCUT2D eigenvalue weighted by Gasteiger charge is -2.32. The number of hydrogen-bond acceptors (Lipinski definition) is 4. The quantitative estimate of drug-likeness (QED) is 0.529. The maximum absolute atomic E-state index is 12.8.